The largest absolute Gasteiger partial charge is 0.416 e. The van der Waals surface area contributed by atoms with E-state index >= 15 is 0 Å². The minimum Gasteiger partial charge on any atom is -0.331 e. The van der Waals surface area contributed by atoms with Gasteiger partial charge in [0.15, 0.2) is 0 Å². The van der Waals surface area contributed by atoms with Crippen molar-refractivity contribution >= 4 is 11.0 Å². The third-order valence-electron chi connectivity index (χ3n) is 5.37. The van der Waals surface area contributed by atoms with Crippen molar-refractivity contribution < 1.29 is 13.2 Å². The number of hydrogen-bond donors (Lipinski definition) is 0. The predicted molar refractivity (Wildman–Crippen MR) is 111 cm³/mol. The van der Waals surface area contributed by atoms with Crippen LogP contribution in [0.25, 0.3) is 16.7 Å². The van der Waals surface area contributed by atoms with Gasteiger partial charge in [0.25, 0.3) is 5.56 Å². The first kappa shape index (κ1) is 20.6. The molecule has 2 aromatic heterocycles. The summed E-state index contributed by atoms with van der Waals surface area (Å²) in [7, 11) is 0. The second kappa shape index (κ2) is 7.57. The van der Waals surface area contributed by atoms with Crippen LogP contribution in [0.1, 0.15) is 23.6 Å². The van der Waals surface area contributed by atoms with E-state index < -0.39 is 23.0 Å². The third kappa shape index (κ3) is 3.67. The maximum atomic E-state index is 13.2. The number of fused-ring (bicyclic) bond motifs is 1. The Morgan fingerprint density at radius 2 is 1.84 bits per heavy atom. The molecule has 9 heteroatoms. The topological polar surface area (TPSA) is 61.8 Å². The van der Waals surface area contributed by atoms with Crippen LogP contribution >= 0.6 is 0 Å². The number of nitrogens with zero attached hydrogens (tertiary/aromatic N) is 4. The summed E-state index contributed by atoms with van der Waals surface area (Å²) in [6.07, 6.45) is -1.45. The fourth-order valence-electron chi connectivity index (χ4n) is 3.64. The van der Waals surface area contributed by atoms with Crippen LogP contribution in [-0.4, -0.2) is 18.7 Å². The Morgan fingerprint density at radius 3 is 2.55 bits per heavy atom. The molecule has 0 fully saturated rings. The van der Waals surface area contributed by atoms with Crippen molar-refractivity contribution in [1.82, 2.24) is 18.7 Å². The first-order chi connectivity index (χ1) is 14.7. The summed E-state index contributed by atoms with van der Waals surface area (Å²) < 4.78 is 43.8. The lowest BCUT2D eigenvalue weighted by Crippen LogP contribution is -2.38. The van der Waals surface area contributed by atoms with Crippen LogP contribution in [0.15, 0.2) is 64.6 Å². The molecule has 0 amide bonds. The molecule has 0 bridgehead atoms. The van der Waals surface area contributed by atoms with Gasteiger partial charge in [-0.2, -0.15) is 13.2 Å². The van der Waals surface area contributed by atoms with Crippen molar-refractivity contribution in [3.05, 3.63) is 92.5 Å². The molecule has 0 saturated carbocycles. The average Bonchev–Trinajstić information content (AvgIpc) is 3.13. The van der Waals surface area contributed by atoms with Gasteiger partial charge in [-0.15, -0.1) is 0 Å². The normalized spacial score (nSPS) is 11.9. The minimum absolute atomic E-state index is 0.0109. The number of halogens is 3. The molecule has 6 nitrogen and oxygen atoms in total. The molecular weight excluding hydrogens is 409 g/mol. The van der Waals surface area contributed by atoms with Gasteiger partial charge in [0, 0.05) is 18.8 Å². The third-order valence-corrected chi connectivity index (χ3v) is 5.37. The number of alkyl halides is 3. The zero-order valence-corrected chi connectivity index (χ0v) is 16.8. The van der Waals surface area contributed by atoms with E-state index in [0.29, 0.717) is 11.2 Å². The lowest BCUT2D eigenvalue weighted by Gasteiger charge is -2.15. The summed E-state index contributed by atoms with van der Waals surface area (Å²) in [5.74, 6) is 0. The van der Waals surface area contributed by atoms with E-state index in [2.05, 4.69) is 4.98 Å². The van der Waals surface area contributed by atoms with Crippen LogP contribution in [0.2, 0.25) is 0 Å². The molecular formula is C22H19F3N4O2. The number of aromatic nitrogens is 4. The molecule has 0 N–H and O–H groups in total. The zero-order valence-electron chi connectivity index (χ0n) is 16.8. The van der Waals surface area contributed by atoms with Crippen LogP contribution in [0, 0.1) is 6.92 Å². The molecule has 2 heterocycles. The predicted octanol–water partition coefficient (Wildman–Crippen LogP) is 3.74. The molecule has 0 aliphatic carbocycles. The van der Waals surface area contributed by atoms with E-state index in [-0.39, 0.29) is 17.7 Å². The maximum Gasteiger partial charge on any atom is 0.416 e. The van der Waals surface area contributed by atoms with Gasteiger partial charge < -0.3 is 4.57 Å². The molecule has 0 aliphatic rings. The van der Waals surface area contributed by atoms with Crippen molar-refractivity contribution in [2.24, 2.45) is 0 Å². The Hall–Kier alpha value is -3.62. The highest BCUT2D eigenvalue weighted by Crippen LogP contribution is 2.33. The number of imidazole rings is 1. The first-order valence-corrected chi connectivity index (χ1v) is 9.64. The minimum atomic E-state index is -4.51. The second-order valence-corrected chi connectivity index (χ2v) is 7.18. The van der Waals surface area contributed by atoms with Gasteiger partial charge in [-0.25, -0.2) is 9.78 Å². The molecule has 0 spiro atoms. The molecule has 2 aromatic carbocycles. The summed E-state index contributed by atoms with van der Waals surface area (Å²) in [4.78, 5) is 29.8. The van der Waals surface area contributed by atoms with Gasteiger partial charge in [0.1, 0.15) is 0 Å². The number of hydrogen-bond acceptors (Lipinski definition) is 3. The fraction of sp³-hybridized carbons (Fsp3) is 0.227. The lowest BCUT2D eigenvalue weighted by atomic mass is 10.0. The quantitative estimate of drug-likeness (QED) is 0.498. The Kier molecular flexibility index (Phi) is 5.04. The van der Waals surface area contributed by atoms with Crippen LogP contribution in [0.5, 0.6) is 0 Å². The first-order valence-electron chi connectivity index (χ1n) is 9.64. The summed E-state index contributed by atoms with van der Waals surface area (Å²) in [6.45, 7) is 3.81. The monoisotopic (exact) mass is 428 g/mol. The summed E-state index contributed by atoms with van der Waals surface area (Å²) in [5, 5.41) is 0. The van der Waals surface area contributed by atoms with Crippen LogP contribution < -0.4 is 11.2 Å². The number of rotatable bonds is 4. The standard InChI is InChI=1S/C22H19F3N4O2/c1-3-27-13-26-18-11-16(7-8-19(18)27)28-10-9-20(30)29(21(28)31)12-15-5-4-6-17(14(15)2)22(23,24)25/h4-11,13H,3,12H2,1-2H3. The van der Waals surface area contributed by atoms with E-state index in [9.17, 15) is 22.8 Å². The smallest absolute Gasteiger partial charge is 0.331 e. The van der Waals surface area contributed by atoms with E-state index in [0.717, 1.165) is 22.7 Å². The molecule has 4 aromatic rings. The van der Waals surface area contributed by atoms with Crippen molar-refractivity contribution in [3.8, 4) is 5.69 Å². The van der Waals surface area contributed by atoms with E-state index in [1.54, 1.807) is 18.5 Å². The van der Waals surface area contributed by atoms with Crippen molar-refractivity contribution in [1.29, 1.82) is 0 Å². The highest BCUT2D eigenvalue weighted by Gasteiger charge is 2.32. The van der Waals surface area contributed by atoms with E-state index in [4.69, 9.17) is 0 Å². The molecule has 160 valence electrons. The van der Waals surface area contributed by atoms with Crippen LogP contribution in [0.4, 0.5) is 13.2 Å². The molecule has 0 aliphatic heterocycles. The molecule has 0 atom stereocenters. The summed E-state index contributed by atoms with van der Waals surface area (Å²) in [6, 6.07) is 10.3. The Bertz CT molecular complexity index is 1400. The van der Waals surface area contributed by atoms with Gasteiger partial charge in [0.05, 0.1) is 35.2 Å². The Labute approximate surface area is 174 Å². The Morgan fingerprint density at radius 1 is 1.06 bits per heavy atom. The molecule has 31 heavy (non-hydrogen) atoms. The molecule has 0 radical (unpaired) electrons. The fourth-order valence-corrected chi connectivity index (χ4v) is 3.64. The van der Waals surface area contributed by atoms with Crippen molar-refractivity contribution in [2.75, 3.05) is 0 Å². The summed E-state index contributed by atoms with van der Waals surface area (Å²) in [5.41, 5.74) is 0.338. The van der Waals surface area contributed by atoms with Gasteiger partial charge >= 0.3 is 11.9 Å². The van der Waals surface area contributed by atoms with Gasteiger partial charge in [-0.1, -0.05) is 12.1 Å². The maximum absolute atomic E-state index is 13.2. The average molecular weight is 428 g/mol. The molecule has 4 rings (SSSR count). The van der Waals surface area contributed by atoms with Crippen molar-refractivity contribution in [2.45, 2.75) is 33.1 Å². The van der Waals surface area contributed by atoms with Gasteiger partial charge in [0.2, 0.25) is 0 Å². The summed E-state index contributed by atoms with van der Waals surface area (Å²) >= 11 is 0. The van der Waals surface area contributed by atoms with E-state index in [1.165, 1.54) is 35.9 Å². The van der Waals surface area contributed by atoms with Crippen LogP contribution in [0.3, 0.4) is 0 Å². The van der Waals surface area contributed by atoms with E-state index in [1.807, 2.05) is 17.6 Å². The highest BCUT2D eigenvalue weighted by atomic mass is 19.4. The Balaban J connectivity index is 1.80. The number of aryl methyl sites for hydroxylation is 1. The van der Waals surface area contributed by atoms with Gasteiger partial charge in [-0.05, 0) is 49.2 Å². The van der Waals surface area contributed by atoms with Crippen LogP contribution in [-0.2, 0) is 19.3 Å². The lowest BCUT2D eigenvalue weighted by molar-refractivity contribution is -0.138. The SMILES string of the molecule is CCn1cnc2cc(-n3ccc(=O)n(Cc4cccc(C(F)(F)F)c4C)c3=O)ccc21. The highest BCUT2D eigenvalue weighted by molar-refractivity contribution is 5.77. The van der Waals surface area contributed by atoms with Gasteiger partial charge in [-0.3, -0.25) is 13.9 Å². The molecule has 0 unspecified atom stereocenters. The molecule has 0 saturated heterocycles. The second-order valence-electron chi connectivity index (χ2n) is 7.18. The number of benzene rings is 2. The zero-order chi connectivity index (χ0) is 22.3. The van der Waals surface area contributed by atoms with Crippen molar-refractivity contribution in [3.63, 3.8) is 0 Å².